The summed E-state index contributed by atoms with van der Waals surface area (Å²) in [4.78, 5) is 0. The molecular weight excluding hydrogens is 219 g/mol. The first-order chi connectivity index (χ1) is 6.33. The van der Waals surface area contributed by atoms with E-state index in [1.807, 2.05) is 6.07 Å². The number of fused-ring (bicyclic) bond motifs is 1. The van der Waals surface area contributed by atoms with Crippen molar-refractivity contribution in [1.82, 2.24) is 0 Å². The normalized spacial score (nSPS) is 18.8. The molecule has 1 unspecified atom stereocenters. The second kappa shape index (κ2) is 3.97. The van der Waals surface area contributed by atoms with Gasteiger partial charge in [0.15, 0.2) is 0 Å². The Morgan fingerprint density at radius 1 is 1.38 bits per heavy atom. The molecule has 0 spiro atoms. The van der Waals surface area contributed by atoms with Gasteiger partial charge >= 0.3 is 88.7 Å². The van der Waals surface area contributed by atoms with E-state index < -0.39 is 17.2 Å². The summed E-state index contributed by atoms with van der Waals surface area (Å²) < 4.78 is 5.64. The van der Waals surface area contributed by atoms with Crippen molar-refractivity contribution in [3.8, 4) is 0 Å². The Morgan fingerprint density at radius 2 is 2.15 bits per heavy atom. The van der Waals surface area contributed by atoms with Crippen molar-refractivity contribution in [3.63, 3.8) is 0 Å². The van der Waals surface area contributed by atoms with Crippen LogP contribution in [0.1, 0.15) is 15.3 Å². The third-order valence-electron chi connectivity index (χ3n) is 2.24. The number of benzene rings is 1. The van der Waals surface area contributed by atoms with Gasteiger partial charge in [-0.1, -0.05) is 0 Å². The minimum atomic E-state index is -1.85. The number of halogens is 1. The van der Waals surface area contributed by atoms with Crippen LogP contribution in [0, 0.1) is 0 Å². The number of allylic oxidation sites excluding steroid dienone is 1. The summed E-state index contributed by atoms with van der Waals surface area (Å²) in [5.41, 5.74) is 2.62. The van der Waals surface area contributed by atoms with Gasteiger partial charge in [-0.2, -0.15) is 0 Å². The van der Waals surface area contributed by atoms with E-state index in [9.17, 15) is 0 Å². The summed E-state index contributed by atoms with van der Waals surface area (Å²) in [7, 11) is 7.90. The Labute approximate surface area is 88.5 Å². The van der Waals surface area contributed by atoms with E-state index in [4.69, 9.17) is 12.6 Å². The maximum absolute atomic E-state index is 6.19. The molecule has 0 amide bonds. The van der Waals surface area contributed by atoms with E-state index >= 15 is 0 Å². The van der Waals surface area contributed by atoms with Crippen molar-refractivity contribution in [2.75, 3.05) is 7.11 Å². The number of hydrogen-bond acceptors (Lipinski definition) is 1. The molecule has 1 nitrogen and oxygen atoms in total. The summed E-state index contributed by atoms with van der Waals surface area (Å²) in [6.07, 6.45) is 4.30. The molecule has 1 aliphatic rings. The van der Waals surface area contributed by atoms with Gasteiger partial charge in [-0.05, 0) is 0 Å². The van der Waals surface area contributed by atoms with Crippen LogP contribution in [0.3, 0.4) is 0 Å². The SMILES string of the molecule is C[O][Ti]([Cl])[CH]1C=Cc2ccccc21. The van der Waals surface area contributed by atoms with E-state index in [1.165, 1.54) is 11.1 Å². The van der Waals surface area contributed by atoms with Crippen molar-refractivity contribution >= 4 is 15.4 Å². The zero-order valence-corrected chi connectivity index (χ0v) is 9.65. The topological polar surface area (TPSA) is 9.23 Å². The Kier molecular flexibility index (Phi) is 2.90. The van der Waals surface area contributed by atoms with E-state index in [2.05, 4.69) is 30.4 Å². The van der Waals surface area contributed by atoms with Gasteiger partial charge in [-0.25, -0.2) is 0 Å². The molecule has 1 atom stereocenters. The Bertz CT molecular complexity index is 337. The summed E-state index contributed by atoms with van der Waals surface area (Å²) in [6.45, 7) is 0. The first-order valence-electron chi connectivity index (χ1n) is 4.16. The first-order valence-corrected chi connectivity index (χ1v) is 7.85. The van der Waals surface area contributed by atoms with Crippen LogP contribution in [0.4, 0.5) is 0 Å². The Morgan fingerprint density at radius 3 is 2.92 bits per heavy atom. The van der Waals surface area contributed by atoms with Crippen LogP contribution in [0.2, 0.25) is 0 Å². The standard InChI is InChI=1S/C9H7.CH3O.ClH.Ti/c1-2-5-9-7-3-6-8(9)4-1;1-2;;/h1-7H;1H3;1H;/q;-1;;+2/p-1. The van der Waals surface area contributed by atoms with Gasteiger partial charge in [0.25, 0.3) is 0 Å². The van der Waals surface area contributed by atoms with Crippen molar-refractivity contribution in [2.24, 2.45) is 0 Å². The van der Waals surface area contributed by atoms with Gasteiger partial charge in [-0.15, -0.1) is 0 Å². The van der Waals surface area contributed by atoms with Crippen LogP contribution >= 0.6 is 9.30 Å². The molecule has 0 fully saturated rings. The molecule has 0 saturated carbocycles. The van der Waals surface area contributed by atoms with Gasteiger partial charge in [-0.3, -0.25) is 0 Å². The molecule has 0 aromatic heterocycles. The predicted octanol–water partition coefficient (Wildman–Crippen LogP) is 3.09. The second-order valence-electron chi connectivity index (χ2n) is 2.97. The van der Waals surface area contributed by atoms with Crippen LogP contribution < -0.4 is 0 Å². The van der Waals surface area contributed by atoms with Gasteiger partial charge in [0.2, 0.25) is 0 Å². The molecule has 0 bridgehead atoms. The first kappa shape index (κ1) is 9.48. The molecule has 13 heavy (non-hydrogen) atoms. The predicted molar refractivity (Wildman–Crippen MR) is 51.1 cm³/mol. The molecular formula is C10H10ClOTi. The van der Waals surface area contributed by atoms with Crippen LogP contribution in [0.25, 0.3) is 6.08 Å². The molecule has 0 heterocycles. The molecule has 2 rings (SSSR count). The van der Waals surface area contributed by atoms with E-state index in [0.717, 1.165) is 0 Å². The molecule has 1 aliphatic carbocycles. The fraction of sp³-hybridized carbons (Fsp3) is 0.200. The van der Waals surface area contributed by atoms with Gasteiger partial charge in [0.1, 0.15) is 0 Å². The van der Waals surface area contributed by atoms with Crippen LogP contribution in [-0.4, -0.2) is 7.11 Å². The van der Waals surface area contributed by atoms with Crippen molar-refractivity contribution < 1.29 is 20.5 Å². The van der Waals surface area contributed by atoms with Gasteiger partial charge < -0.3 is 0 Å². The van der Waals surface area contributed by atoms with Gasteiger partial charge in [0.05, 0.1) is 0 Å². The fourth-order valence-corrected chi connectivity index (χ4v) is 3.93. The monoisotopic (exact) mass is 229 g/mol. The van der Waals surface area contributed by atoms with Crippen LogP contribution in [0.15, 0.2) is 30.3 Å². The zero-order chi connectivity index (χ0) is 9.26. The summed E-state index contributed by atoms with van der Waals surface area (Å²) >= 11 is -1.85. The van der Waals surface area contributed by atoms with E-state index in [0.29, 0.717) is 4.22 Å². The average molecular weight is 230 g/mol. The van der Waals surface area contributed by atoms with Crippen molar-refractivity contribution in [1.29, 1.82) is 0 Å². The molecule has 0 aliphatic heterocycles. The fourth-order valence-electron chi connectivity index (χ4n) is 1.57. The van der Waals surface area contributed by atoms with E-state index in [1.54, 1.807) is 7.11 Å². The zero-order valence-electron chi connectivity index (χ0n) is 7.33. The third-order valence-corrected chi connectivity index (χ3v) is 6.00. The quantitative estimate of drug-likeness (QED) is 0.708. The summed E-state index contributed by atoms with van der Waals surface area (Å²) in [6, 6.07) is 8.35. The summed E-state index contributed by atoms with van der Waals surface area (Å²) in [5.74, 6) is 0. The summed E-state index contributed by atoms with van der Waals surface area (Å²) in [5, 5.41) is 0. The Balaban J connectivity index is 2.33. The molecule has 1 aromatic rings. The average Bonchev–Trinajstić information content (AvgIpc) is 2.60. The second-order valence-corrected chi connectivity index (χ2v) is 7.07. The van der Waals surface area contributed by atoms with Crippen molar-refractivity contribution in [2.45, 2.75) is 4.22 Å². The minimum absolute atomic E-state index is 0.364. The molecule has 0 saturated heterocycles. The number of hydrogen-bond donors (Lipinski definition) is 0. The van der Waals surface area contributed by atoms with Gasteiger partial charge in [0, 0.05) is 0 Å². The molecule has 1 aromatic carbocycles. The van der Waals surface area contributed by atoms with Crippen LogP contribution in [0.5, 0.6) is 0 Å². The van der Waals surface area contributed by atoms with E-state index in [-0.39, 0.29) is 0 Å². The number of rotatable bonds is 2. The molecule has 67 valence electrons. The third kappa shape index (κ3) is 1.75. The van der Waals surface area contributed by atoms with Crippen molar-refractivity contribution in [3.05, 3.63) is 41.5 Å². The molecule has 0 radical (unpaired) electrons. The van der Waals surface area contributed by atoms with Crippen LogP contribution in [-0.2, 0) is 20.5 Å². The Hall–Kier alpha value is -0.0757. The molecule has 0 N–H and O–H groups in total. The maximum atomic E-state index is 6.19. The molecule has 3 heteroatoms.